The largest absolute Gasteiger partial charge is 0.435 e. The monoisotopic (exact) mass is 300 g/mol. The van der Waals surface area contributed by atoms with Crippen LogP contribution in [0, 0.1) is 0 Å². The van der Waals surface area contributed by atoms with Gasteiger partial charge in [-0.25, -0.2) is 13.6 Å². The maximum atomic E-state index is 13.3. The molecule has 0 unspecified atom stereocenters. The van der Waals surface area contributed by atoms with Crippen molar-refractivity contribution in [2.45, 2.75) is 5.25 Å². The molecule has 2 aromatic carbocycles. The zero-order chi connectivity index (χ0) is 15.0. The summed E-state index contributed by atoms with van der Waals surface area (Å²) in [5.74, 6) is -1.99. The van der Waals surface area contributed by atoms with Gasteiger partial charge in [0, 0.05) is 11.1 Å². The Morgan fingerprint density at radius 1 is 1.10 bits per heavy atom. The zero-order valence-electron chi connectivity index (χ0n) is 10.0. The predicted octanol–water partition coefficient (Wildman–Crippen LogP) is 1.66. The molecule has 0 saturated carbocycles. The van der Waals surface area contributed by atoms with Gasteiger partial charge in [-0.15, -0.1) is 0 Å². The Morgan fingerprint density at radius 3 is 2.35 bits per heavy atom. The van der Waals surface area contributed by atoms with Crippen LogP contribution in [0.3, 0.4) is 0 Å². The van der Waals surface area contributed by atoms with Crippen molar-refractivity contribution in [2.75, 3.05) is 5.32 Å². The Balaban J connectivity index is 2.41. The molecule has 0 bridgehead atoms. The van der Waals surface area contributed by atoms with Gasteiger partial charge in [0.25, 0.3) is 10.0 Å². The van der Waals surface area contributed by atoms with Gasteiger partial charge in [-0.3, -0.25) is 4.79 Å². The number of alkyl halides is 2. The smallest absolute Gasteiger partial charge is 0.319 e. The van der Waals surface area contributed by atoms with Gasteiger partial charge in [-0.05, 0) is 11.5 Å². The number of anilines is 1. The second-order valence-corrected chi connectivity index (χ2v) is 5.65. The molecule has 0 aliphatic carbocycles. The van der Waals surface area contributed by atoms with E-state index in [2.05, 4.69) is 5.14 Å². The third kappa shape index (κ3) is 2.47. The van der Waals surface area contributed by atoms with Crippen LogP contribution in [0.5, 0.6) is 0 Å². The van der Waals surface area contributed by atoms with E-state index in [0.29, 0.717) is 10.8 Å². The van der Waals surface area contributed by atoms with Crippen LogP contribution in [0.2, 0.25) is 0 Å². The van der Waals surface area contributed by atoms with E-state index < -0.39 is 21.2 Å². The summed E-state index contributed by atoms with van der Waals surface area (Å²) in [4.78, 5) is 11.4. The minimum absolute atomic E-state index is 0.0800. The van der Waals surface area contributed by atoms with Crippen molar-refractivity contribution in [3.05, 3.63) is 42.5 Å². The molecular weight excluding hydrogens is 290 g/mol. The van der Waals surface area contributed by atoms with E-state index in [-0.39, 0.29) is 5.69 Å². The number of halogens is 2. The van der Waals surface area contributed by atoms with Crippen LogP contribution in [0.15, 0.2) is 42.5 Å². The fourth-order valence-corrected chi connectivity index (χ4v) is 1.97. The number of carbonyl (C=O) groups excluding carboxylic acids is 1. The van der Waals surface area contributed by atoms with Gasteiger partial charge in [0.1, 0.15) is 0 Å². The maximum absolute atomic E-state index is 13.3. The number of amides is 1. The minimum Gasteiger partial charge on any atom is -0.319 e. The summed E-state index contributed by atoms with van der Waals surface area (Å²) < 4.78 is 48.0. The summed E-state index contributed by atoms with van der Waals surface area (Å²) in [7, 11) is -5.32. The lowest BCUT2D eigenvalue weighted by Gasteiger charge is -2.14. The Hall–Kier alpha value is -2.06. The maximum Gasteiger partial charge on any atom is 0.435 e. The number of nitrogens with two attached hydrogens (primary N) is 1. The topological polar surface area (TPSA) is 89.3 Å². The standard InChI is InChI=1S/C12H10F2N2O3S/c13-12(14,20(15,18)19)11(17)16-10-7-3-5-8-4-1-2-6-9(8)10/h1-7H,(H,16,17)(H2,15,18,19). The van der Waals surface area contributed by atoms with Crippen LogP contribution < -0.4 is 10.5 Å². The van der Waals surface area contributed by atoms with Crippen LogP contribution in [0.1, 0.15) is 0 Å². The molecular formula is C12H10F2N2O3S. The van der Waals surface area contributed by atoms with E-state index in [1.54, 1.807) is 36.4 Å². The third-order valence-electron chi connectivity index (χ3n) is 2.66. The molecule has 1 amide bonds. The summed E-state index contributed by atoms with van der Waals surface area (Å²) in [6.07, 6.45) is 0. The highest BCUT2D eigenvalue weighted by molar-refractivity contribution is 7.91. The molecule has 0 atom stereocenters. The molecule has 2 aromatic rings. The summed E-state index contributed by atoms with van der Waals surface area (Å²) in [6, 6.07) is 11.4. The Kier molecular flexibility index (Phi) is 3.45. The van der Waals surface area contributed by atoms with Crippen LogP contribution >= 0.6 is 0 Å². The lowest BCUT2D eigenvalue weighted by molar-refractivity contribution is -0.129. The number of carbonyl (C=O) groups is 1. The van der Waals surface area contributed by atoms with Gasteiger partial charge >= 0.3 is 11.2 Å². The molecule has 0 aliphatic heterocycles. The Labute approximate surface area is 113 Å². The molecule has 0 fully saturated rings. The molecule has 0 spiro atoms. The lowest BCUT2D eigenvalue weighted by Crippen LogP contribution is -2.45. The number of hydrogen-bond acceptors (Lipinski definition) is 3. The lowest BCUT2D eigenvalue weighted by atomic mass is 10.1. The van der Waals surface area contributed by atoms with Crippen LogP contribution in [0.25, 0.3) is 10.8 Å². The van der Waals surface area contributed by atoms with Crippen molar-refractivity contribution < 1.29 is 22.0 Å². The fraction of sp³-hybridized carbons (Fsp3) is 0.0833. The van der Waals surface area contributed by atoms with Crippen molar-refractivity contribution in [1.29, 1.82) is 0 Å². The van der Waals surface area contributed by atoms with Gasteiger partial charge in [0.2, 0.25) is 0 Å². The first-order chi connectivity index (χ1) is 9.23. The minimum atomic E-state index is -5.32. The zero-order valence-corrected chi connectivity index (χ0v) is 10.8. The van der Waals surface area contributed by atoms with Crippen LogP contribution in [-0.4, -0.2) is 19.6 Å². The van der Waals surface area contributed by atoms with Crippen molar-refractivity contribution in [2.24, 2.45) is 5.14 Å². The SMILES string of the molecule is NS(=O)(=O)C(F)(F)C(=O)Nc1cccc2ccccc12. The molecule has 0 aliphatic rings. The first-order valence-corrected chi connectivity index (χ1v) is 6.97. The Morgan fingerprint density at radius 2 is 1.70 bits per heavy atom. The highest BCUT2D eigenvalue weighted by atomic mass is 32.2. The predicted molar refractivity (Wildman–Crippen MR) is 70.6 cm³/mol. The van der Waals surface area contributed by atoms with E-state index in [1.165, 1.54) is 6.07 Å². The van der Waals surface area contributed by atoms with E-state index in [9.17, 15) is 22.0 Å². The molecule has 5 nitrogen and oxygen atoms in total. The van der Waals surface area contributed by atoms with Gasteiger partial charge in [-0.2, -0.15) is 8.78 Å². The van der Waals surface area contributed by atoms with Crippen molar-refractivity contribution >= 4 is 32.4 Å². The second-order valence-electron chi connectivity index (χ2n) is 4.04. The van der Waals surface area contributed by atoms with Crippen LogP contribution in [0.4, 0.5) is 14.5 Å². The number of rotatable bonds is 3. The third-order valence-corrected chi connectivity index (χ3v) is 3.56. The van der Waals surface area contributed by atoms with E-state index in [4.69, 9.17) is 0 Å². The van der Waals surface area contributed by atoms with Gasteiger partial charge in [-0.1, -0.05) is 36.4 Å². The fourth-order valence-electron chi connectivity index (χ4n) is 1.66. The van der Waals surface area contributed by atoms with Gasteiger partial charge in [0.15, 0.2) is 0 Å². The summed E-state index contributed by atoms with van der Waals surface area (Å²) in [6.45, 7) is 0. The highest BCUT2D eigenvalue weighted by Crippen LogP contribution is 2.26. The number of hydrogen-bond donors (Lipinski definition) is 2. The summed E-state index contributed by atoms with van der Waals surface area (Å²) in [5, 5.41) is 2.76. The Bertz CT molecular complexity index is 770. The van der Waals surface area contributed by atoms with Crippen LogP contribution in [-0.2, 0) is 14.8 Å². The first kappa shape index (κ1) is 14.4. The number of sulfonamides is 1. The number of nitrogens with one attached hydrogen (secondary N) is 1. The molecule has 3 N–H and O–H groups in total. The molecule has 8 heteroatoms. The number of fused-ring (bicyclic) bond motifs is 1. The van der Waals surface area contributed by atoms with E-state index >= 15 is 0 Å². The van der Waals surface area contributed by atoms with Gasteiger partial charge < -0.3 is 5.32 Å². The summed E-state index contributed by atoms with van der Waals surface area (Å²) in [5.41, 5.74) is 0.0800. The normalized spacial score (nSPS) is 12.3. The van der Waals surface area contributed by atoms with E-state index in [0.717, 1.165) is 0 Å². The highest BCUT2D eigenvalue weighted by Gasteiger charge is 2.50. The molecule has 0 aromatic heterocycles. The molecule has 0 saturated heterocycles. The van der Waals surface area contributed by atoms with Crippen molar-refractivity contribution in [1.82, 2.24) is 0 Å². The van der Waals surface area contributed by atoms with Crippen molar-refractivity contribution in [3.63, 3.8) is 0 Å². The van der Waals surface area contributed by atoms with Gasteiger partial charge in [0.05, 0.1) is 0 Å². The quantitative estimate of drug-likeness (QED) is 0.903. The summed E-state index contributed by atoms with van der Waals surface area (Å²) >= 11 is 0. The second kappa shape index (κ2) is 4.80. The first-order valence-electron chi connectivity index (χ1n) is 5.43. The molecule has 0 heterocycles. The average molecular weight is 300 g/mol. The molecule has 20 heavy (non-hydrogen) atoms. The molecule has 106 valence electrons. The molecule has 0 radical (unpaired) electrons. The van der Waals surface area contributed by atoms with Crippen molar-refractivity contribution in [3.8, 4) is 0 Å². The average Bonchev–Trinajstić information content (AvgIpc) is 2.37. The number of benzene rings is 2. The van der Waals surface area contributed by atoms with E-state index in [1.807, 2.05) is 5.32 Å². The number of primary sulfonamides is 1. The molecule has 2 rings (SSSR count).